The fraction of sp³-hybridized carbons (Fsp3) is 0.207. The molecule has 1 aliphatic rings. The second kappa shape index (κ2) is 11.9. The minimum Gasteiger partial charge on any atom is -0.497 e. The number of nitrogens with one attached hydrogen (secondary N) is 1. The summed E-state index contributed by atoms with van der Waals surface area (Å²) in [4.78, 5) is 39.1. The number of amides is 4. The van der Waals surface area contributed by atoms with E-state index in [4.69, 9.17) is 30.5 Å². The first kappa shape index (κ1) is 27.5. The molecule has 4 amide bonds. The van der Waals surface area contributed by atoms with Gasteiger partial charge < -0.3 is 18.9 Å². The first-order valence-electron chi connectivity index (χ1n) is 12.0. The van der Waals surface area contributed by atoms with Gasteiger partial charge in [-0.25, -0.2) is 9.69 Å². The van der Waals surface area contributed by atoms with E-state index < -0.39 is 17.8 Å². The molecule has 1 N–H and O–H groups in total. The molecule has 1 fully saturated rings. The molecule has 0 aromatic heterocycles. The maximum atomic E-state index is 13.2. The van der Waals surface area contributed by atoms with Crippen LogP contribution in [0.5, 0.6) is 23.0 Å². The number of methoxy groups -OCH3 is 2. The molecule has 10 heteroatoms. The van der Waals surface area contributed by atoms with Crippen molar-refractivity contribution in [3.63, 3.8) is 0 Å². The summed E-state index contributed by atoms with van der Waals surface area (Å²) in [5.41, 5.74) is 2.73. The third kappa shape index (κ3) is 6.15. The van der Waals surface area contributed by atoms with Crippen molar-refractivity contribution in [2.45, 2.75) is 13.8 Å². The minimum absolute atomic E-state index is 0.198. The zero-order valence-corrected chi connectivity index (χ0v) is 22.6. The lowest BCUT2D eigenvalue weighted by molar-refractivity contribution is -0.122. The Morgan fingerprint density at radius 2 is 1.54 bits per heavy atom. The normalized spacial score (nSPS) is 14.3. The largest absolute Gasteiger partial charge is 0.497 e. The number of urea groups is 1. The van der Waals surface area contributed by atoms with Crippen LogP contribution < -0.4 is 29.2 Å². The Labute approximate surface area is 230 Å². The Morgan fingerprint density at radius 1 is 0.846 bits per heavy atom. The van der Waals surface area contributed by atoms with Gasteiger partial charge in [0.1, 0.15) is 30.3 Å². The predicted octanol–water partition coefficient (Wildman–Crippen LogP) is 5.10. The summed E-state index contributed by atoms with van der Waals surface area (Å²) in [6, 6.07) is 14.4. The van der Waals surface area contributed by atoms with Crippen LogP contribution in [0.4, 0.5) is 10.5 Å². The molecular weight excluding hydrogens is 524 g/mol. The maximum absolute atomic E-state index is 13.2. The highest BCUT2D eigenvalue weighted by atomic mass is 35.5. The summed E-state index contributed by atoms with van der Waals surface area (Å²) in [6.07, 6.45) is 1.33. The molecule has 202 valence electrons. The van der Waals surface area contributed by atoms with Crippen molar-refractivity contribution in [2.24, 2.45) is 0 Å². The first-order chi connectivity index (χ1) is 18.7. The van der Waals surface area contributed by atoms with Crippen molar-refractivity contribution >= 4 is 41.2 Å². The summed E-state index contributed by atoms with van der Waals surface area (Å²) in [7, 11) is 2.95. The Balaban J connectivity index is 1.51. The van der Waals surface area contributed by atoms with Gasteiger partial charge >= 0.3 is 6.03 Å². The quantitative estimate of drug-likeness (QED) is 0.225. The molecule has 0 spiro atoms. The van der Waals surface area contributed by atoms with Gasteiger partial charge in [-0.1, -0.05) is 17.7 Å². The van der Waals surface area contributed by atoms with Gasteiger partial charge in [0.05, 0.1) is 24.9 Å². The molecule has 3 aromatic rings. The van der Waals surface area contributed by atoms with E-state index >= 15 is 0 Å². The molecule has 3 aromatic carbocycles. The molecule has 1 aliphatic heterocycles. The number of aryl methyl sites for hydroxylation is 2. The molecule has 39 heavy (non-hydrogen) atoms. The summed E-state index contributed by atoms with van der Waals surface area (Å²) in [5, 5.41) is 2.40. The number of hydrogen-bond donors (Lipinski definition) is 1. The molecule has 0 atom stereocenters. The Morgan fingerprint density at radius 3 is 2.21 bits per heavy atom. The topological polar surface area (TPSA) is 103 Å². The highest BCUT2D eigenvalue weighted by molar-refractivity contribution is 6.39. The average Bonchev–Trinajstić information content (AvgIpc) is 2.91. The van der Waals surface area contributed by atoms with E-state index in [2.05, 4.69) is 5.32 Å². The number of carbonyl (C=O) groups excluding carboxylic acids is 3. The van der Waals surface area contributed by atoms with Gasteiger partial charge in [0, 0.05) is 0 Å². The number of barbiturate groups is 1. The summed E-state index contributed by atoms with van der Waals surface area (Å²) in [5.74, 6) is 0.267. The zero-order valence-electron chi connectivity index (χ0n) is 21.9. The molecule has 0 bridgehead atoms. The van der Waals surface area contributed by atoms with Gasteiger partial charge in [-0.2, -0.15) is 0 Å². The molecule has 0 aliphatic carbocycles. The fourth-order valence-corrected chi connectivity index (χ4v) is 4.13. The summed E-state index contributed by atoms with van der Waals surface area (Å²) >= 11 is 6.48. The van der Waals surface area contributed by atoms with E-state index in [1.165, 1.54) is 31.9 Å². The van der Waals surface area contributed by atoms with E-state index in [1.54, 1.807) is 30.3 Å². The van der Waals surface area contributed by atoms with E-state index in [9.17, 15) is 14.4 Å². The number of imide groups is 2. The van der Waals surface area contributed by atoms with Gasteiger partial charge in [-0.15, -0.1) is 0 Å². The number of rotatable bonds is 9. The van der Waals surface area contributed by atoms with Crippen LogP contribution in [0.1, 0.15) is 16.7 Å². The van der Waals surface area contributed by atoms with Crippen molar-refractivity contribution in [3.05, 3.63) is 81.9 Å². The Bertz CT molecular complexity index is 1450. The third-order valence-electron chi connectivity index (χ3n) is 6.07. The van der Waals surface area contributed by atoms with Gasteiger partial charge in [-0.3, -0.25) is 14.9 Å². The molecule has 1 saturated heterocycles. The summed E-state index contributed by atoms with van der Waals surface area (Å²) < 4.78 is 22.1. The van der Waals surface area contributed by atoms with E-state index in [0.29, 0.717) is 22.8 Å². The number of hydrogen-bond acceptors (Lipinski definition) is 7. The molecule has 1 heterocycles. The number of halogens is 1. The lowest BCUT2D eigenvalue weighted by Gasteiger charge is -2.26. The van der Waals surface area contributed by atoms with Gasteiger partial charge in [-0.05, 0) is 85.1 Å². The molecule has 4 rings (SSSR count). The van der Waals surface area contributed by atoms with Crippen LogP contribution in [0.25, 0.3) is 6.08 Å². The van der Waals surface area contributed by atoms with Crippen molar-refractivity contribution in [2.75, 3.05) is 32.3 Å². The highest BCUT2D eigenvalue weighted by Gasteiger charge is 2.37. The van der Waals surface area contributed by atoms with Crippen molar-refractivity contribution in [3.8, 4) is 23.0 Å². The SMILES string of the molecule is COc1ccc(N2C(=O)NC(=O)C(=Cc3cc(Cl)c(OCCOc4ccc(C)c(C)c4)c(OC)c3)C2=O)cc1. The second-order valence-electron chi connectivity index (χ2n) is 8.63. The number of nitrogens with zero attached hydrogens (tertiary/aromatic N) is 1. The van der Waals surface area contributed by atoms with Crippen LogP contribution in [0, 0.1) is 13.8 Å². The van der Waals surface area contributed by atoms with Crippen LogP contribution in [0.2, 0.25) is 5.02 Å². The first-order valence-corrected chi connectivity index (χ1v) is 12.4. The van der Waals surface area contributed by atoms with Crippen LogP contribution in [0.15, 0.2) is 60.2 Å². The van der Waals surface area contributed by atoms with Crippen molar-refractivity contribution in [1.29, 1.82) is 0 Å². The van der Waals surface area contributed by atoms with Gasteiger partial charge in [0.25, 0.3) is 11.8 Å². The molecule has 0 radical (unpaired) electrons. The lowest BCUT2D eigenvalue weighted by atomic mass is 10.1. The lowest BCUT2D eigenvalue weighted by Crippen LogP contribution is -2.54. The van der Waals surface area contributed by atoms with Crippen LogP contribution in [0.3, 0.4) is 0 Å². The second-order valence-corrected chi connectivity index (χ2v) is 9.04. The highest BCUT2D eigenvalue weighted by Crippen LogP contribution is 2.37. The molecule has 0 saturated carbocycles. The summed E-state index contributed by atoms with van der Waals surface area (Å²) in [6.45, 7) is 4.52. The van der Waals surface area contributed by atoms with Crippen molar-refractivity contribution < 1.29 is 33.3 Å². The van der Waals surface area contributed by atoms with Crippen LogP contribution in [-0.2, 0) is 9.59 Å². The number of benzene rings is 3. The van der Waals surface area contributed by atoms with Crippen molar-refractivity contribution in [1.82, 2.24) is 5.32 Å². The zero-order chi connectivity index (χ0) is 28.1. The number of anilines is 1. The Kier molecular flexibility index (Phi) is 8.41. The van der Waals surface area contributed by atoms with Crippen LogP contribution >= 0.6 is 11.6 Å². The van der Waals surface area contributed by atoms with Gasteiger partial charge in [0.15, 0.2) is 11.5 Å². The monoisotopic (exact) mass is 550 g/mol. The average molecular weight is 551 g/mol. The molecule has 0 unspecified atom stereocenters. The van der Waals surface area contributed by atoms with E-state index in [0.717, 1.165) is 16.2 Å². The van der Waals surface area contributed by atoms with E-state index in [1.807, 2.05) is 32.0 Å². The standard InChI is InChI=1S/C29H27ClN2O7/c1-17-5-8-22(13-18(17)2)38-11-12-39-26-24(30)15-19(16-25(26)37-4)14-23-27(33)31-29(35)32(28(23)34)20-6-9-21(36-3)10-7-20/h5-10,13-16H,11-12H2,1-4H3,(H,31,33,35). The van der Waals surface area contributed by atoms with E-state index in [-0.39, 0.29) is 29.5 Å². The smallest absolute Gasteiger partial charge is 0.335 e. The van der Waals surface area contributed by atoms with Gasteiger partial charge in [0.2, 0.25) is 0 Å². The Hall–Kier alpha value is -4.50. The molecule has 9 nitrogen and oxygen atoms in total. The number of carbonyl (C=O) groups is 3. The number of ether oxygens (including phenoxy) is 4. The van der Waals surface area contributed by atoms with Crippen LogP contribution in [-0.4, -0.2) is 45.3 Å². The third-order valence-corrected chi connectivity index (χ3v) is 6.35. The molecular formula is C29H27ClN2O7. The predicted molar refractivity (Wildman–Crippen MR) is 147 cm³/mol. The maximum Gasteiger partial charge on any atom is 0.335 e. The fourth-order valence-electron chi connectivity index (χ4n) is 3.86. The minimum atomic E-state index is -0.852.